The Bertz CT molecular complexity index is 650. The molecule has 102 valence electrons. The van der Waals surface area contributed by atoms with Crippen molar-refractivity contribution in [2.24, 2.45) is 5.92 Å². The average molecular weight is 267 g/mol. The van der Waals surface area contributed by atoms with Crippen molar-refractivity contribution >= 4 is 16.6 Å². The Balaban J connectivity index is 1.70. The predicted octanol–water partition coefficient (Wildman–Crippen LogP) is 3.38. The number of carbonyl (C=O) groups excluding carboxylic acids is 1. The minimum absolute atomic E-state index is 0.105. The van der Waals surface area contributed by atoms with E-state index in [9.17, 15) is 4.79 Å². The quantitative estimate of drug-likeness (QED) is 0.783. The molecule has 0 radical (unpaired) electrons. The molecule has 0 saturated carbocycles. The maximum absolute atomic E-state index is 12.8. The van der Waals surface area contributed by atoms with Gasteiger partial charge in [0.25, 0.3) is 0 Å². The van der Waals surface area contributed by atoms with E-state index in [1.165, 1.54) is 0 Å². The van der Waals surface area contributed by atoms with Crippen molar-refractivity contribution in [2.45, 2.75) is 37.9 Å². The van der Waals surface area contributed by atoms with Gasteiger partial charge in [-0.1, -0.05) is 24.3 Å². The number of fused-ring (bicyclic) bond motifs is 3. The SMILES string of the molecule is O=C(c1cncc2ccccc12)C1CC2CCC(C1)O2. The molecule has 0 amide bonds. The third-order valence-corrected chi connectivity index (χ3v) is 4.59. The normalized spacial score (nSPS) is 28.7. The zero-order valence-electron chi connectivity index (χ0n) is 11.3. The van der Waals surface area contributed by atoms with Crippen LogP contribution in [-0.2, 0) is 4.74 Å². The highest BCUT2D eigenvalue weighted by Crippen LogP contribution is 2.37. The molecule has 0 aliphatic carbocycles. The van der Waals surface area contributed by atoms with Crippen molar-refractivity contribution in [3.63, 3.8) is 0 Å². The van der Waals surface area contributed by atoms with Crippen molar-refractivity contribution in [1.82, 2.24) is 4.98 Å². The molecule has 3 heterocycles. The molecular weight excluding hydrogens is 250 g/mol. The zero-order chi connectivity index (χ0) is 13.5. The van der Waals surface area contributed by atoms with Crippen LogP contribution in [0.25, 0.3) is 10.8 Å². The second kappa shape index (κ2) is 4.67. The van der Waals surface area contributed by atoms with E-state index >= 15 is 0 Å². The highest BCUT2D eigenvalue weighted by atomic mass is 16.5. The highest BCUT2D eigenvalue weighted by molar-refractivity contribution is 6.08. The Morgan fingerprint density at radius 2 is 1.85 bits per heavy atom. The van der Waals surface area contributed by atoms with Crippen molar-refractivity contribution < 1.29 is 9.53 Å². The van der Waals surface area contributed by atoms with E-state index in [4.69, 9.17) is 4.74 Å². The van der Waals surface area contributed by atoms with Crippen molar-refractivity contribution in [3.05, 3.63) is 42.2 Å². The molecule has 2 fully saturated rings. The number of rotatable bonds is 2. The number of hydrogen-bond donors (Lipinski definition) is 0. The topological polar surface area (TPSA) is 39.2 Å². The van der Waals surface area contributed by atoms with Crippen LogP contribution < -0.4 is 0 Å². The van der Waals surface area contributed by atoms with Crippen LogP contribution in [0.5, 0.6) is 0 Å². The molecule has 2 aliphatic rings. The Morgan fingerprint density at radius 3 is 2.65 bits per heavy atom. The standard InChI is InChI=1S/C17H17NO2/c19-17(12-7-13-5-6-14(8-12)20-13)16-10-18-9-11-3-1-2-4-15(11)16/h1-4,9-10,12-14H,5-8H2. The lowest BCUT2D eigenvalue weighted by Crippen LogP contribution is -2.30. The third kappa shape index (κ3) is 1.93. The van der Waals surface area contributed by atoms with Gasteiger partial charge in [-0.25, -0.2) is 0 Å². The molecule has 1 aromatic heterocycles. The first-order valence-corrected chi connectivity index (χ1v) is 7.33. The molecule has 4 rings (SSSR count). The van der Waals surface area contributed by atoms with Gasteiger partial charge in [-0.3, -0.25) is 9.78 Å². The molecule has 0 spiro atoms. The summed E-state index contributed by atoms with van der Waals surface area (Å²) in [6.07, 6.45) is 8.11. The van der Waals surface area contributed by atoms with Crippen LogP contribution in [0.4, 0.5) is 0 Å². The summed E-state index contributed by atoms with van der Waals surface area (Å²) in [5, 5.41) is 2.06. The Morgan fingerprint density at radius 1 is 1.10 bits per heavy atom. The Kier molecular flexibility index (Phi) is 2.81. The van der Waals surface area contributed by atoms with Gasteiger partial charge in [-0.15, -0.1) is 0 Å². The van der Waals surface area contributed by atoms with Crippen molar-refractivity contribution in [3.8, 4) is 0 Å². The summed E-state index contributed by atoms with van der Waals surface area (Å²) < 4.78 is 5.83. The van der Waals surface area contributed by atoms with E-state index in [-0.39, 0.29) is 11.7 Å². The van der Waals surface area contributed by atoms with Gasteiger partial charge in [-0.2, -0.15) is 0 Å². The molecule has 2 unspecified atom stereocenters. The summed E-state index contributed by atoms with van der Waals surface area (Å²) in [7, 11) is 0. The van der Waals surface area contributed by atoms with E-state index < -0.39 is 0 Å². The minimum atomic E-state index is 0.105. The summed E-state index contributed by atoms with van der Waals surface area (Å²) in [6.45, 7) is 0. The fourth-order valence-electron chi connectivity index (χ4n) is 3.60. The molecule has 20 heavy (non-hydrogen) atoms. The van der Waals surface area contributed by atoms with Crippen LogP contribution in [0.15, 0.2) is 36.7 Å². The molecule has 3 heteroatoms. The number of hydrogen-bond acceptors (Lipinski definition) is 3. The number of carbonyl (C=O) groups is 1. The van der Waals surface area contributed by atoms with Crippen LogP contribution >= 0.6 is 0 Å². The van der Waals surface area contributed by atoms with Gasteiger partial charge >= 0.3 is 0 Å². The number of aromatic nitrogens is 1. The van der Waals surface area contributed by atoms with Crippen molar-refractivity contribution in [1.29, 1.82) is 0 Å². The highest BCUT2D eigenvalue weighted by Gasteiger charge is 2.38. The molecule has 2 aromatic rings. The van der Waals surface area contributed by atoms with Gasteiger partial charge in [0.1, 0.15) is 0 Å². The van der Waals surface area contributed by atoms with Gasteiger partial charge in [-0.05, 0) is 31.1 Å². The number of benzene rings is 1. The summed E-state index contributed by atoms with van der Waals surface area (Å²) in [6, 6.07) is 7.98. The lowest BCUT2D eigenvalue weighted by molar-refractivity contribution is -0.0148. The predicted molar refractivity (Wildman–Crippen MR) is 76.7 cm³/mol. The molecule has 2 atom stereocenters. The second-order valence-electron chi connectivity index (χ2n) is 5.90. The first-order chi connectivity index (χ1) is 9.81. The van der Waals surface area contributed by atoms with Crippen molar-refractivity contribution in [2.75, 3.05) is 0 Å². The summed E-state index contributed by atoms with van der Waals surface area (Å²) in [5.74, 6) is 0.350. The number of ether oxygens (including phenoxy) is 1. The van der Waals surface area contributed by atoms with E-state index in [2.05, 4.69) is 4.98 Å². The average Bonchev–Trinajstić information content (AvgIpc) is 2.84. The second-order valence-corrected chi connectivity index (χ2v) is 5.90. The molecule has 0 N–H and O–H groups in total. The lowest BCUT2D eigenvalue weighted by atomic mass is 9.87. The monoisotopic (exact) mass is 267 g/mol. The van der Waals surface area contributed by atoms with Gasteiger partial charge in [0.2, 0.25) is 0 Å². The van der Waals surface area contributed by atoms with E-state index in [0.29, 0.717) is 12.2 Å². The largest absolute Gasteiger partial charge is 0.375 e. The van der Waals surface area contributed by atoms with Crippen LogP contribution in [0, 0.1) is 5.92 Å². The number of Topliss-reactive ketones (excluding diaryl/α,β-unsaturated/α-hetero) is 1. The lowest BCUT2D eigenvalue weighted by Gasteiger charge is -2.27. The smallest absolute Gasteiger partial charge is 0.168 e. The molecular formula is C17H17NO2. The number of pyridine rings is 1. The molecule has 2 saturated heterocycles. The first kappa shape index (κ1) is 12.0. The fourth-order valence-corrected chi connectivity index (χ4v) is 3.60. The molecule has 3 nitrogen and oxygen atoms in total. The van der Waals surface area contributed by atoms with E-state index in [1.54, 1.807) is 6.20 Å². The van der Waals surface area contributed by atoms with Crippen LogP contribution in [0.2, 0.25) is 0 Å². The third-order valence-electron chi connectivity index (χ3n) is 4.59. The van der Waals surface area contributed by atoms with Gasteiger partial charge in [0, 0.05) is 29.3 Å². The number of ketones is 1. The van der Waals surface area contributed by atoms with Gasteiger partial charge in [0.15, 0.2) is 5.78 Å². The minimum Gasteiger partial charge on any atom is -0.375 e. The van der Waals surface area contributed by atoms with Crippen LogP contribution in [-0.4, -0.2) is 23.0 Å². The van der Waals surface area contributed by atoms with Gasteiger partial charge < -0.3 is 4.74 Å². The summed E-state index contributed by atoms with van der Waals surface area (Å²) in [5.41, 5.74) is 0.773. The van der Waals surface area contributed by atoms with E-state index in [0.717, 1.165) is 42.0 Å². The maximum Gasteiger partial charge on any atom is 0.168 e. The first-order valence-electron chi connectivity index (χ1n) is 7.33. The Hall–Kier alpha value is -1.74. The van der Waals surface area contributed by atoms with E-state index in [1.807, 2.05) is 30.5 Å². The van der Waals surface area contributed by atoms with Gasteiger partial charge in [0.05, 0.1) is 12.2 Å². The maximum atomic E-state index is 12.8. The Labute approximate surface area is 118 Å². The summed E-state index contributed by atoms with van der Waals surface area (Å²) in [4.78, 5) is 17.1. The fraction of sp³-hybridized carbons (Fsp3) is 0.412. The van der Waals surface area contributed by atoms with Crippen LogP contribution in [0.1, 0.15) is 36.0 Å². The molecule has 2 bridgehead atoms. The summed E-state index contributed by atoms with van der Waals surface area (Å²) >= 11 is 0. The van der Waals surface area contributed by atoms with Crippen LogP contribution in [0.3, 0.4) is 0 Å². The zero-order valence-corrected chi connectivity index (χ0v) is 11.3. The number of nitrogens with zero attached hydrogens (tertiary/aromatic N) is 1. The molecule has 1 aromatic carbocycles. The molecule has 2 aliphatic heterocycles.